The van der Waals surface area contributed by atoms with E-state index in [2.05, 4.69) is 15.6 Å². The molecule has 0 aliphatic rings. The fraction of sp³-hybridized carbons (Fsp3) is 0.211. The van der Waals surface area contributed by atoms with Crippen LogP contribution in [-0.4, -0.2) is 33.0 Å². The van der Waals surface area contributed by atoms with Crippen molar-refractivity contribution in [2.45, 2.75) is 12.6 Å². The SMILES string of the molecule is Cn1c(C(F)(F)F)nc2cc(NC(=O)C(=O)NCCc3ccc(O)cc3)ccc21. The highest BCUT2D eigenvalue weighted by atomic mass is 19.4. The van der Waals surface area contributed by atoms with Crippen molar-refractivity contribution in [3.63, 3.8) is 0 Å². The lowest BCUT2D eigenvalue weighted by molar-refractivity contribution is -0.146. The number of nitrogens with zero attached hydrogens (tertiary/aromatic N) is 2. The second kappa shape index (κ2) is 7.82. The predicted molar refractivity (Wildman–Crippen MR) is 99.2 cm³/mol. The first-order valence-corrected chi connectivity index (χ1v) is 8.56. The molecule has 0 atom stereocenters. The second-order valence-corrected chi connectivity index (χ2v) is 6.32. The summed E-state index contributed by atoms with van der Waals surface area (Å²) in [6.45, 7) is 0.200. The molecule has 0 saturated carbocycles. The van der Waals surface area contributed by atoms with E-state index in [1.54, 1.807) is 12.1 Å². The number of hydrogen-bond donors (Lipinski definition) is 3. The van der Waals surface area contributed by atoms with Crippen molar-refractivity contribution in [3.05, 3.63) is 53.9 Å². The first-order valence-electron chi connectivity index (χ1n) is 8.56. The Morgan fingerprint density at radius 1 is 1.10 bits per heavy atom. The average molecular weight is 406 g/mol. The quantitative estimate of drug-likeness (QED) is 0.581. The van der Waals surface area contributed by atoms with Crippen molar-refractivity contribution in [2.24, 2.45) is 7.05 Å². The first kappa shape index (κ1) is 20.2. The molecule has 0 radical (unpaired) electrons. The highest BCUT2D eigenvalue weighted by Crippen LogP contribution is 2.31. The van der Waals surface area contributed by atoms with Crippen molar-refractivity contribution in [3.8, 4) is 5.75 Å². The Morgan fingerprint density at radius 3 is 2.45 bits per heavy atom. The number of phenols is 1. The second-order valence-electron chi connectivity index (χ2n) is 6.32. The van der Waals surface area contributed by atoms with Crippen LogP contribution in [0.2, 0.25) is 0 Å². The number of aryl methyl sites for hydroxylation is 1. The van der Waals surface area contributed by atoms with Gasteiger partial charge in [-0.2, -0.15) is 13.2 Å². The molecule has 10 heteroatoms. The molecule has 0 bridgehead atoms. The Hall–Kier alpha value is -3.56. The maximum Gasteiger partial charge on any atom is 0.449 e. The number of fused-ring (bicyclic) bond motifs is 1. The number of aromatic nitrogens is 2. The van der Waals surface area contributed by atoms with Gasteiger partial charge in [0.15, 0.2) is 0 Å². The van der Waals surface area contributed by atoms with Crippen LogP contribution in [0.4, 0.5) is 18.9 Å². The lowest BCUT2D eigenvalue weighted by Gasteiger charge is -2.07. The van der Waals surface area contributed by atoms with Gasteiger partial charge in [0, 0.05) is 19.3 Å². The zero-order valence-electron chi connectivity index (χ0n) is 15.2. The molecule has 3 N–H and O–H groups in total. The number of phenolic OH excluding ortho intramolecular Hbond substituents is 1. The monoisotopic (exact) mass is 406 g/mol. The third-order valence-electron chi connectivity index (χ3n) is 4.23. The fourth-order valence-electron chi connectivity index (χ4n) is 2.78. The van der Waals surface area contributed by atoms with Crippen LogP contribution >= 0.6 is 0 Å². The molecular weight excluding hydrogens is 389 g/mol. The number of imidazole rings is 1. The van der Waals surface area contributed by atoms with E-state index in [0.29, 0.717) is 6.42 Å². The van der Waals surface area contributed by atoms with Gasteiger partial charge in [-0.05, 0) is 42.3 Å². The molecule has 29 heavy (non-hydrogen) atoms. The number of amides is 2. The van der Waals surface area contributed by atoms with Crippen molar-refractivity contribution < 1.29 is 27.9 Å². The summed E-state index contributed by atoms with van der Waals surface area (Å²) >= 11 is 0. The number of carbonyl (C=O) groups is 2. The summed E-state index contributed by atoms with van der Waals surface area (Å²) in [5, 5.41) is 14.0. The number of alkyl halides is 3. The van der Waals surface area contributed by atoms with Crippen LogP contribution in [0.1, 0.15) is 11.4 Å². The van der Waals surface area contributed by atoms with Gasteiger partial charge in [0.05, 0.1) is 11.0 Å². The molecule has 152 valence electrons. The zero-order chi connectivity index (χ0) is 21.2. The van der Waals surface area contributed by atoms with Crippen molar-refractivity contribution in [1.29, 1.82) is 0 Å². The van der Waals surface area contributed by atoms with Crippen LogP contribution in [0.25, 0.3) is 11.0 Å². The third kappa shape index (κ3) is 4.65. The minimum atomic E-state index is -4.60. The number of halogens is 3. The number of rotatable bonds is 4. The maximum absolute atomic E-state index is 12.9. The van der Waals surface area contributed by atoms with Crippen LogP contribution in [0.3, 0.4) is 0 Å². The highest BCUT2D eigenvalue weighted by molar-refractivity contribution is 6.39. The van der Waals surface area contributed by atoms with E-state index < -0.39 is 23.8 Å². The van der Waals surface area contributed by atoms with Gasteiger partial charge in [-0.1, -0.05) is 12.1 Å². The highest BCUT2D eigenvalue weighted by Gasteiger charge is 2.36. The van der Waals surface area contributed by atoms with Gasteiger partial charge in [-0.15, -0.1) is 0 Å². The summed E-state index contributed by atoms with van der Waals surface area (Å²) in [5.41, 5.74) is 1.31. The molecule has 3 rings (SSSR count). The van der Waals surface area contributed by atoms with Gasteiger partial charge in [0.25, 0.3) is 0 Å². The summed E-state index contributed by atoms with van der Waals surface area (Å²) in [6.07, 6.45) is -4.14. The smallest absolute Gasteiger partial charge is 0.449 e. The summed E-state index contributed by atoms with van der Waals surface area (Å²) in [4.78, 5) is 27.5. The van der Waals surface area contributed by atoms with Crippen LogP contribution < -0.4 is 10.6 Å². The Morgan fingerprint density at radius 2 is 1.79 bits per heavy atom. The molecule has 3 aromatic rings. The minimum absolute atomic E-state index is 0.0466. The normalized spacial score (nSPS) is 11.4. The summed E-state index contributed by atoms with van der Waals surface area (Å²) in [6, 6.07) is 10.5. The molecule has 0 fully saturated rings. The molecule has 0 aliphatic heterocycles. The molecule has 2 aromatic carbocycles. The average Bonchev–Trinajstić information content (AvgIpc) is 2.99. The van der Waals surface area contributed by atoms with E-state index in [-0.39, 0.29) is 29.0 Å². The minimum Gasteiger partial charge on any atom is -0.508 e. The third-order valence-corrected chi connectivity index (χ3v) is 4.23. The van der Waals surface area contributed by atoms with Gasteiger partial charge in [0.1, 0.15) is 5.75 Å². The van der Waals surface area contributed by atoms with Gasteiger partial charge in [-0.25, -0.2) is 4.98 Å². The van der Waals surface area contributed by atoms with Gasteiger partial charge >= 0.3 is 18.0 Å². The topological polar surface area (TPSA) is 96.2 Å². The van der Waals surface area contributed by atoms with Crippen molar-refractivity contribution >= 4 is 28.5 Å². The van der Waals surface area contributed by atoms with Gasteiger partial charge in [0.2, 0.25) is 5.82 Å². The standard InChI is InChI=1S/C19H17F3N4O3/c1-26-15-7-4-12(10-14(15)25-18(26)19(20,21)22)24-17(29)16(28)23-9-8-11-2-5-13(27)6-3-11/h2-7,10,27H,8-9H2,1H3,(H,23,28)(H,24,29). The Bertz CT molecular complexity index is 1060. The van der Waals surface area contributed by atoms with E-state index in [0.717, 1.165) is 10.1 Å². The number of carbonyl (C=O) groups excluding carboxylic acids is 2. The molecule has 1 aromatic heterocycles. The molecule has 7 nitrogen and oxygen atoms in total. The molecular formula is C19H17F3N4O3. The Kier molecular flexibility index (Phi) is 5.44. The molecule has 0 unspecified atom stereocenters. The number of hydrogen-bond acceptors (Lipinski definition) is 4. The van der Waals surface area contributed by atoms with E-state index in [1.807, 2.05) is 0 Å². The summed E-state index contributed by atoms with van der Waals surface area (Å²) in [7, 11) is 1.25. The van der Waals surface area contributed by atoms with Gasteiger partial charge < -0.3 is 20.3 Å². The van der Waals surface area contributed by atoms with E-state index >= 15 is 0 Å². The van der Waals surface area contributed by atoms with Gasteiger partial charge in [-0.3, -0.25) is 9.59 Å². The molecule has 1 heterocycles. The Balaban J connectivity index is 1.61. The molecule has 0 spiro atoms. The van der Waals surface area contributed by atoms with E-state index in [9.17, 15) is 27.9 Å². The fourth-order valence-corrected chi connectivity index (χ4v) is 2.78. The van der Waals surface area contributed by atoms with E-state index in [4.69, 9.17) is 0 Å². The summed E-state index contributed by atoms with van der Waals surface area (Å²) in [5.74, 6) is -2.74. The Labute approximate surface area is 163 Å². The zero-order valence-corrected chi connectivity index (χ0v) is 15.2. The van der Waals surface area contributed by atoms with Crippen LogP contribution in [0, 0.1) is 0 Å². The van der Waals surface area contributed by atoms with Crippen molar-refractivity contribution in [1.82, 2.24) is 14.9 Å². The molecule has 0 saturated heterocycles. The van der Waals surface area contributed by atoms with Crippen LogP contribution in [-0.2, 0) is 29.2 Å². The number of benzene rings is 2. The number of aromatic hydroxyl groups is 1. The van der Waals surface area contributed by atoms with E-state index in [1.165, 1.54) is 37.4 Å². The maximum atomic E-state index is 12.9. The van der Waals surface area contributed by atoms with Crippen LogP contribution in [0.15, 0.2) is 42.5 Å². The molecule has 2 amide bonds. The lowest BCUT2D eigenvalue weighted by atomic mass is 10.1. The lowest BCUT2D eigenvalue weighted by Crippen LogP contribution is -2.36. The number of anilines is 1. The predicted octanol–water partition coefficient (Wildman–Crippen LogP) is 2.60. The largest absolute Gasteiger partial charge is 0.508 e. The molecule has 0 aliphatic carbocycles. The van der Waals surface area contributed by atoms with Crippen molar-refractivity contribution in [2.75, 3.05) is 11.9 Å². The van der Waals surface area contributed by atoms with Crippen LogP contribution in [0.5, 0.6) is 5.75 Å². The number of nitrogens with one attached hydrogen (secondary N) is 2. The first-order chi connectivity index (χ1) is 13.6. The summed E-state index contributed by atoms with van der Waals surface area (Å²) < 4.78 is 39.8.